The van der Waals surface area contributed by atoms with Crippen molar-refractivity contribution in [3.05, 3.63) is 35.9 Å². The molecule has 0 saturated carbocycles. The molecule has 16 heavy (non-hydrogen) atoms. The van der Waals surface area contributed by atoms with Crippen LogP contribution >= 0.6 is 23.2 Å². The van der Waals surface area contributed by atoms with Crippen LogP contribution < -0.4 is 0 Å². The Morgan fingerprint density at radius 2 is 1.69 bits per heavy atom. The van der Waals surface area contributed by atoms with Crippen LogP contribution in [0.3, 0.4) is 0 Å². The first-order valence-corrected chi connectivity index (χ1v) is 5.92. The van der Waals surface area contributed by atoms with E-state index < -0.39 is 0 Å². The SMILES string of the molecule is CCOC(C)=O.Cc1ccccc1.ClCCl. The predicted octanol–water partition coefficient (Wildman–Crippen LogP) is 3.99. The summed E-state index contributed by atoms with van der Waals surface area (Å²) < 4.78 is 4.40. The minimum absolute atomic E-state index is 0.194. The lowest BCUT2D eigenvalue weighted by molar-refractivity contribution is -0.140. The van der Waals surface area contributed by atoms with Gasteiger partial charge in [0, 0.05) is 6.92 Å². The lowest BCUT2D eigenvalue weighted by atomic mass is 10.2. The maximum absolute atomic E-state index is 9.82. The Morgan fingerprint density at radius 3 is 1.81 bits per heavy atom. The highest BCUT2D eigenvalue weighted by Gasteiger charge is 1.81. The highest BCUT2D eigenvalue weighted by atomic mass is 35.5. The number of esters is 1. The van der Waals surface area contributed by atoms with Crippen LogP contribution in [0.4, 0.5) is 0 Å². The molecule has 0 aliphatic rings. The van der Waals surface area contributed by atoms with Gasteiger partial charge in [0.2, 0.25) is 0 Å². The minimum atomic E-state index is -0.211. The van der Waals surface area contributed by atoms with Gasteiger partial charge in [-0.15, -0.1) is 23.2 Å². The quantitative estimate of drug-likeness (QED) is 0.567. The molecule has 0 heterocycles. The Kier molecular flexibility index (Phi) is 15.7. The van der Waals surface area contributed by atoms with Gasteiger partial charge in [0.1, 0.15) is 0 Å². The number of alkyl halides is 2. The maximum atomic E-state index is 9.82. The van der Waals surface area contributed by atoms with Crippen molar-refractivity contribution in [3.8, 4) is 0 Å². The van der Waals surface area contributed by atoms with Crippen molar-refractivity contribution in [3.63, 3.8) is 0 Å². The average Bonchev–Trinajstić information content (AvgIpc) is 2.20. The summed E-state index contributed by atoms with van der Waals surface area (Å²) >= 11 is 9.53. The second-order valence-electron chi connectivity index (χ2n) is 2.68. The van der Waals surface area contributed by atoms with Gasteiger partial charge in [-0.3, -0.25) is 4.79 Å². The van der Waals surface area contributed by atoms with Gasteiger partial charge in [-0.2, -0.15) is 0 Å². The van der Waals surface area contributed by atoms with Gasteiger partial charge in [-0.1, -0.05) is 35.9 Å². The first-order chi connectivity index (χ1) is 7.58. The van der Waals surface area contributed by atoms with E-state index >= 15 is 0 Å². The number of aryl methyl sites for hydroxylation is 1. The molecule has 0 bridgehead atoms. The van der Waals surface area contributed by atoms with E-state index in [1.807, 2.05) is 18.2 Å². The van der Waals surface area contributed by atoms with Crippen molar-refractivity contribution in [2.45, 2.75) is 20.8 Å². The smallest absolute Gasteiger partial charge is 0.302 e. The lowest BCUT2D eigenvalue weighted by Gasteiger charge is -1.89. The molecule has 0 fully saturated rings. The molecule has 0 aliphatic heterocycles. The standard InChI is InChI=1S/C7H8.C4H8O2.CH2Cl2/c1-7-5-3-2-4-6-7;1-3-6-4(2)5;2-1-3/h2-6H,1H3;3H2,1-2H3;1H2. The van der Waals surface area contributed by atoms with Crippen molar-refractivity contribution < 1.29 is 9.53 Å². The highest BCUT2D eigenvalue weighted by molar-refractivity contribution is 6.40. The number of carbonyl (C=O) groups excluding carboxylic acids is 1. The fourth-order valence-electron chi connectivity index (χ4n) is 0.738. The van der Waals surface area contributed by atoms with Crippen LogP contribution in [-0.4, -0.2) is 17.9 Å². The number of hydrogen-bond acceptors (Lipinski definition) is 2. The lowest BCUT2D eigenvalue weighted by Crippen LogP contribution is -1.95. The zero-order chi connectivity index (χ0) is 12.8. The largest absolute Gasteiger partial charge is 0.466 e. The average molecular weight is 265 g/mol. The molecule has 0 amide bonds. The van der Waals surface area contributed by atoms with Crippen molar-refractivity contribution >= 4 is 29.2 Å². The summed E-state index contributed by atoms with van der Waals surface area (Å²) in [7, 11) is 0. The van der Waals surface area contributed by atoms with Gasteiger partial charge in [-0.05, 0) is 13.8 Å². The first-order valence-electron chi connectivity index (χ1n) is 4.85. The van der Waals surface area contributed by atoms with Gasteiger partial charge in [0.25, 0.3) is 0 Å². The van der Waals surface area contributed by atoms with E-state index in [4.69, 9.17) is 23.2 Å². The number of hydrogen-bond donors (Lipinski definition) is 0. The number of carbonyl (C=O) groups is 1. The van der Waals surface area contributed by atoms with Crippen LogP contribution in [0, 0.1) is 6.92 Å². The first kappa shape index (κ1) is 17.7. The van der Waals surface area contributed by atoms with E-state index in [2.05, 4.69) is 23.8 Å². The third-order valence-electron chi connectivity index (χ3n) is 1.29. The van der Waals surface area contributed by atoms with Gasteiger partial charge >= 0.3 is 5.97 Å². The predicted molar refractivity (Wildman–Crippen MR) is 70.1 cm³/mol. The van der Waals surface area contributed by atoms with E-state index in [1.54, 1.807) is 6.92 Å². The molecule has 1 rings (SSSR count). The zero-order valence-corrected chi connectivity index (χ0v) is 11.4. The molecule has 0 N–H and O–H groups in total. The molecule has 1 aromatic rings. The Bertz CT molecular complexity index is 250. The zero-order valence-electron chi connectivity index (χ0n) is 9.87. The van der Waals surface area contributed by atoms with Crippen molar-refractivity contribution in [2.24, 2.45) is 0 Å². The minimum Gasteiger partial charge on any atom is -0.466 e. The topological polar surface area (TPSA) is 26.3 Å². The normalized spacial score (nSPS) is 7.81. The van der Waals surface area contributed by atoms with Crippen LogP contribution in [0.5, 0.6) is 0 Å². The van der Waals surface area contributed by atoms with E-state index in [0.29, 0.717) is 6.61 Å². The van der Waals surface area contributed by atoms with Crippen LogP contribution in [0.2, 0.25) is 0 Å². The highest BCUT2D eigenvalue weighted by Crippen LogP contribution is 1.92. The van der Waals surface area contributed by atoms with Crippen LogP contribution in [-0.2, 0) is 9.53 Å². The van der Waals surface area contributed by atoms with E-state index in [-0.39, 0.29) is 11.3 Å². The second kappa shape index (κ2) is 14.3. The third kappa shape index (κ3) is 18.9. The fraction of sp³-hybridized carbons (Fsp3) is 0.417. The van der Waals surface area contributed by atoms with Gasteiger partial charge in [0.15, 0.2) is 0 Å². The van der Waals surface area contributed by atoms with E-state index in [1.165, 1.54) is 12.5 Å². The van der Waals surface area contributed by atoms with Crippen LogP contribution in [0.15, 0.2) is 30.3 Å². The molecule has 4 heteroatoms. The molecule has 0 radical (unpaired) electrons. The Hall–Kier alpha value is -0.730. The molecule has 1 aromatic carbocycles. The molecule has 0 spiro atoms. The van der Waals surface area contributed by atoms with Gasteiger partial charge in [-0.25, -0.2) is 0 Å². The number of rotatable bonds is 1. The van der Waals surface area contributed by atoms with Crippen molar-refractivity contribution in [2.75, 3.05) is 11.9 Å². The Labute approximate surface area is 108 Å². The van der Waals surface area contributed by atoms with Crippen molar-refractivity contribution in [1.29, 1.82) is 0 Å². The number of benzene rings is 1. The second-order valence-corrected chi connectivity index (χ2v) is 3.49. The number of ether oxygens (including phenoxy) is 1. The molecular weight excluding hydrogens is 247 g/mol. The molecule has 92 valence electrons. The fourth-order valence-corrected chi connectivity index (χ4v) is 0.738. The molecule has 0 atom stereocenters. The molecule has 2 nitrogen and oxygen atoms in total. The van der Waals surface area contributed by atoms with Crippen LogP contribution in [0.25, 0.3) is 0 Å². The Balaban J connectivity index is 0. The Morgan fingerprint density at radius 1 is 1.25 bits per heavy atom. The van der Waals surface area contributed by atoms with Gasteiger partial charge in [0.05, 0.1) is 11.9 Å². The van der Waals surface area contributed by atoms with E-state index in [0.717, 1.165) is 0 Å². The summed E-state index contributed by atoms with van der Waals surface area (Å²) in [6.07, 6.45) is 0. The third-order valence-corrected chi connectivity index (χ3v) is 1.29. The van der Waals surface area contributed by atoms with Gasteiger partial charge < -0.3 is 4.74 Å². The molecular formula is C12H18Cl2O2. The summed E-state index contributed by atoms with van der Waals surface area (Å²) in [6.45, 7) is 5.74. The summed E-state index contributed by atoms with van der Waals surface area (Å²) in [5.74, 6) is -0.211. The summed E-state index contributed by atoms with van der Waals surface area (Å²) in [5, 5.41) is 0.194. The number of halogens is 2. The monoisotopic (exact) mass is 264 g/mol. The molecule has 0 aromatic heterocycles. The molecule has 0 aliphatic carbocycles. The maximum Gasteiger partial charge on any atom is 0.302 e. The molecule has 0 unspecified atom stereocenters. The summed E-state index contributed by atoms with van der Waals surface area (Å²) in [4.78, 5) is 9.82. The summed E-state index contributed by atoms with van der Waals surface area (Å²) in [5.41, 5.74) is 1.32. The molecule has 0 saturated heterocycles. The van der Waals surface area contributed by atoms with E-state index in [9.17, 15) is 4.79 Å². The summed E-state index contributed by atoms with van der Waals surface area (Å²) in [6, 6.07) is 10.3. The van der Waals surface area contributed by atoms with Crippen LogP contribution in [0.1, 0.15) is 19.4 Å². The van der Waals surface area contributed by atoms with Crippen molar-refractivity contribution in [1.82, 2.24) is 0 Å².